The second-order valence-corrected chi connectivity index (χ2v) is 6.56. The van der Waals surface area contributed by atoms with Crippen LogP contribution in [0.1, 0.15) is 44.9 Å². The number of carbonyl (C=O) groups is 1. The Morgan fingerprint density at radius 1 is 0.955 bits per heavy atom. The molecule has 3 nitrogen and oxygen atoms in total. The van der Waals surface area contributed by atoms with E-state index in [4.69, 9.17) is 0 Å². The Labute approximate surface area is 132 Å². The van der Waals surface area contributed by atoms with Crippen molar-refractivity contribution in [3.63, 3.8) is 0 Å². The molecule has 0 aromatic heterocycles. The molecule has 2 N–H and O–H groups in total. The van der Waals surface area contributed by atoms with Crippen molar-refractivity contribution in [2.45, 2.75) is 39.2 Å². The third kappa shape index (κ3) is 4.35. The molecule has 0 fully saturated rings. The summed E-state index contributed by atoms with van der Waals surface area (Å²) in [7, 11) is 0. The van der Waals surface area contributed by atoms with Gasteiger partial charge in [-0.05, 0) is 35.6 Å². The smallest absolute Gasteiger partial charge is 0.319 e. The maximum atomic E-state index is 12.0. The van der Waals surface area contributed by atoms with E-state index in [0.29, 0.717) is 0 Å². The molecule has 0 saturated carbocycles. The van der Waals surface area contributed by atoms with Crippen LogP contribution in [0.2, 0.25) is 0 Å². The minimum Gasteiger partial charge on any atom is -0.331 e. The van der Waals surface area contributed by atoms with E-state index in [-0.39, 0.29) is 17.5 Å². The minimum atomic E-state index is -0.196. The lowest BCUT2D eigenvalue weighted by atomic mass is 9.86. The first-order valence-electron chi connectivity index (χ1n) is 7.59. The zero-order chi connectivity index (χ0) is 16.2. The minimum absolute atomic E-state index is 0.0438. The first-order chi connectivity index (χ1) is 10.4. The molecule has 22 heavy (non-hydrogen) atoms. The predicted octanol–water partition coefficient (Wildman–Crippen LogP) is 4.87. The van der Waals surface area contributed by atoms with Gasteiger partial charge in [0.2, 0.25) is 0 Å². The Balaban J connectivity index is 1.97. The molecule has 2 rings (SSSR count). The standard InChI is InChI=1S/C19H24N2O/c1-14(15-10-12-16(13-11-15)19(2,3)4)20-18(22)21-17-8-6-5-7-9-17/h5-14H,1-4H3,(H2,20,21,22)/t14-/m0/s1. The maximum absolute atomic E-state index is 12.0. The summed E-state index contributed by atoms with van der Waals surface area (Å²) < 4.78 is 0. The fourth-order valence-electron chi connectivity index (χ4n) is 2.24. The number of hydrogen-bond acceptors (Lipinski definition) is 1. The van der Waals surface area contributed by atoms with E-state index in [1.807, 2.05) is 37.3 Å². The molecule has 0 aliphatic heterocycles. The van der Waals surface area contributed by atoms with Gasteiger partial charge in [0.05, 0.1) is 6.04 Å². The van der Waals surface area contributed by atoms with E-state index in [1.54, 1.807) is 0 Å². The number of rotatable bonds is 3. The van der Waals surface area contributed by atoms with Gasteiger partial charge in [-0.25, -0.2) is 4.79 Å². The molecule has 0 aliphatic rings. The number of hydrogen-bond donors (Lipinski definition) is 2. The van der Waals surface area contributed by atoms with E-state index in [9.17, 15) is 4.79 Å². The van der Waals surface area contributed by atoms with Gasteiger partial charge >= 0.3 is 6.03 Å². The predicted molar refractivity (Wildman–Crippen MR) is 92.2 cm³/mol. The van der Waals surface area contributed by atoms with Gasteiger partial charge in [0.1, 0.15) is 0 Å². The van der Waals surface area contributed by atoms with Crippen LogP contribution in [0.25, 0.3) is 0 Å². The van der Waals surface area contributed by atoms with Crippen molar-refractivity contribution in [3.8, 4) is 0 Å². The van der Waals surface area contributed by atoms with Crippen LogP contribution in [0.3, 0.4) is 0 Å². The maximum Gasteiger partial charge on any atom is 0.319 e. The van der Waals surface area contributed by atoms with E-state index in [1.165, 1.54) is 5.56 Å². The van der Waals surface area contributed by atoms with E-state index in [0.717, 1.165) is 11.3 Å². The van der Waals surface area contributed by atoms with Crippen molar-refractivity contribution in [1.82, 2.24) is 5.32 Å². The van der Waals surface area contributed by atoms with Crippen LogP contribution in [0.15, 0.2) is 54.6 Å². The van der Waals surface area contributed by atoms with Crippen LogP contribution in [0, 0.1) is 0 Å². The number of benzene rings is 2. The van der Waals surface area contributed by atoms with Crippen LogP contribution in [-0.4, -0.2) is 6.03 Å². The quantitative estimate of drug-likeness (QED) is 0.833. The number of urea groups is 1. The van der Waals surface area contributed by atoms with Gasteiger partial charge in [-0.2, -0.15) is 0 Å². The van der Waals surface area contributed by atoms with Gasteiger partial charge in [-0.15, -0.1) is 0 Å². The number of carbonyl (C=O) groups excluding carboxylic acids is 1. The van der Waals surface area contributed by atoms with Crippen LogP contribution in [0.5, 0.6) is 0 Å². The Kier molecular flexibility index (Phi) is 4.86. The van der Waals surface area contributed by atoms with Gasteiger partial charge in [-0.1, -0.05) is 63.2 Å². The van der Waals surface area contributed by atoms with E-state index in [2.05, 4.69) is 55.7 Å². The molecular weight excluding hydrogens is 272 g/mol. The summed E-state index contributed by atoms with van der Waals surface area (Å²) >= 11 is 0. The molecular formula is C19H24N2O. The highest BCUT2D eigenvalue weighted by molar-refractivity contribution is 5.89. The molecule has 0 spiro atoms. The lowest BCUT2D eigenvalue weighted by Gasteiger charge is -2.21. The SMILES string of the molecule is C[C@H](NC(=O)Nc1ccccc1)c1ccc(C(C)(C)C)cc1. The average molecular weight is 296 g/mol. The summed E-state index contributed by atoms with van der Waals surface area (Å²) in [6, 6.07) is 17.6. The molecule has 0 saturated heterocycles. The molecule has 0 bridgehead atoms. The molecule has 116 valence electrons. The molecule has 1 atom stereocenters. The van der Waals surface area contributed by atoms with Gasteiger partial charge in [0.15, 0.2) is 0 Å². The summed E-state index contributed by atoms with van der Waals surface area (Å²) in [4.78, 5) is 12.0. The number of para-hydroxylation sites is 1. The Bertz CT molecular complexity index is 612. The number of amides is 2. The summed E-state index contributed by atoms with van der Waals surface area (Å²) in [6.07, 6.45) is 0. The molecule has 0 heterocycles. The lowest BCUT2D eigenvalue weighted by molar-refractivity contribution is 0.249. The van der Waals surface area contributed by atoms with Gasteiger partial charge < -0.3 is 10.6 Å². The van der Waals surface area contributed by atoms with E-state index < -0.39 is 0 Å². The van der Waals surface area contributed by atoms with Crippen molar-refractivity contribution in [2.24, 2.45) is 0 Å². The molecule has 0 radical (unpaired) electrons. The van der Waals surface area contributed by atoms with Crippen molar-refractivity contribution in [1.29, 1.82) is 0 Å². The zero-order valence-corrected chi connectivity index (χ0v) is 13.7. The molecule has 3 heteroatoms. The fraction of sp³-hybridized carbons (Fsp3) is 0.316. The molecule has 2 aromatic carbocycles. The Morgan fingerprint density at radius 3 is 2.09 bits per heavy atom. The number of nitrogens with one attached hydrogen (secondary N) is 2. The van der Waals surface area contributed by atoms with Crippen LogP contribution < -0.4 is 10.6 Å². The Morgan fingerprint density at radius 2 is 1.55 bits per heavy atom. The third-order valence-electron chi connectivity index (χ3n) is 3.66. The van der Waals surface area contributed by atoms with E-state index >= 15 is 0 Å². The van der Waals surface area contributed by atoms with Crippen LogP contribution in [0.4, 0.5) is 10.5 Å². The summed E-state index contributed by atoms with van der Waals surface area (Å²) in [5.74, 6) is 0. The molecule has 2 amide bonds. The van der Waals surface area contributed by atoms with Crippen molar-refractivity contribution >= 4 is 11.7 Å². The fourth-order valence-corrected chi connectivity index (χ4v) is 2.24. The zero-order valence-electron chi connectivity index (χ0n) is 13.7. The second kappa shape index (κ2) is 6.65. The monoisotopic (exact) mass is 296 g/mol. The van der Waals surface area contributed by atoms with Crippen LogP contribution >= 0.6 is 0 Å². The lowest BCUT2D eigenvalue weighted by Crippen LogP contribution is -2.31. The van der Waals surface area contributed by atoms with Gasteiger partial charge in [0.25, 0.3) is 0 Å². The first-order valence-corrected chi connectivity index (χ1v) is 7.59. The van der Waals surface area contributed by atoms with Crippen molar-refractivity contribution in [3.05, 3.63) is 65.7 Å². The first kappa shape index (κ1) is 16.1. The molecule has 0 aliphatic carbocycles. The second-order valence-electron chi connectivity index (χ2n) is 6.56. The Hall–Kier alpha value is -2.29. The summed E-state index contributed by atoms with van der Waals surface area (Å²) in [6.45, 7) is 8.56. The number of anilines is 1. The highest BCUT2D eigenvalue weighted by Crippen LogP contribution is 2.23. The van der Waals surface area contributed by atoms with Crippen LogP contribution in [-0.2, 0) is 5.41 Å². The largest absolute Gasteiger partial charge is 0.331 e. The van der Waals surface area contributed by atoms with Gasteiger partial charge in [-0.3, -0.25) is 0 Å². The summed E-state index contributed by atoms with van der Waals surface area (Å²) in [5.41, 5.74) is 3.31. The molecule has 0 unspecified atom stereocenters. The molecule has 2 aromatic rings. The topological polar surface area (TPSA) is 41.1 Å². The average Bonchev–Trinajstić information content (AvgIpc) is 2.47. The summed E-state index contributed by atoms with van der Waals surface area (Å²) in [5, 5.41) is 5.78. The highest BCUT2D eigenvalue weighted by atomic mass is 16.2. The third-order valence-corrected chi connectivity index (χ3v) is 3.66. The highest BCUT2D eigenvalue weighted by Gasteiger charge is 2.14. The normalized spacial score (nSPS) is 12.5. The van der Waals surface area contributed by atoms with Gasteiger partial charge in [0, 0.05) is 5.69 Å². The van der Waals surface area contributed by atoms with Crippen molar-refractivity contribution < 1.29 is 4.79 Å². The van der Waals surface area contributed by atoms with Crippen molar-refractivity contribution in [2.75, 3.05) is 5.32 Å².